The summed E-state index contributed by atoms with van der Waals surface area (Å²) in [5.41, 5.74) is 5.18. The van der Waals surface area contributed by atoms with E-state index in [4.69, 9.17) is 0 Å². The standard InChI is InChI=1S/C40H24S/c1-3-13-28-25(10-1)12-9-19-31(28)39-34-17-7-5-15-32(34)38(33-16-6-8-18-35(33)39)27-21-22-30-36-23-20-26-11-2-4-14-29(26)40(36)41-37(30)24-27/h1-24H. The SMILES string of the molecule is c1ccc2c(-c3c4ccccc4c(-c4ccc5c(c4)sc4c6ccccc6ccc54)c4ccccc34)cccc2c1. The molecule has 0 nitrogen and oxygen atoms in total. The normalized spacial score (nSPS) is 11.9. The third-order valence-electron chi connectivity index (χ3n) is 8.64. The lowest BCUT2D eigenvalue weighted by molar-refractivity contribution is 1.69. The number of hydrogen-bond acceptors (Lipinski definition) is 1. The van der Waals surface area contributed by atoms with Crippen LogP contribution in [0.5, 0.6) is 0 Å². The Hall–Kier alpha value is -4.98. The second-order valence-corrected chi connectivity index (χ2v) is 11.9. The van der Waals surface area contributed by atoms with E-state index in [0.29, 0.717) is 0 Å². The summed E-state index contributed by atoms with van der Waals surface area (Å²) in [4.78, 5) is 0. The van der Waals surface area contributed by atoms with Gasteiger partial charge in [0, 0.05) is 20.2 Å². The molecule has 0 bridgehead atoms. The number of rotatable bonds is 2. The first-order valence-electron chi connectivity index (χ1n) is 14.1. The van der Waals surface area contributed by atoms with E-state index in [1.54, 1.807) is 0 Å². The zero-order valence-electron chi connectivity index (χ0n) is 22.3. The van der Waals surface area contributed by atoms with Crippen LogP contribution in [0, 0.1) is 0 Å². The van der Waals surface area contributed by atoms with Crippen LogP contribution in [0.4, 0.5) is 0 Å². The zero-order chi connectivity index (χ0) is 26.9. The summed E-state index contributed by atoms with van der Waals surface area (Å²) in [7, 11) is 0. The van der Waals surface area contributed by atoms with E-state index in [-0.39, 0.29) is 0 Å². The fourth-order valence-corrected chi connectivity index (χ4v) is 8.11. The van der Waals surface area contributed by atoms with Crippen molar-refractivity contribution in [1.29, 1.82) is 0 Å². The fourth-order valence-electron chi connectivity index (χ4n) is 6.83. The smallest absolute Gasteiger partial charge is 0.0433 e. The van der Waals surface area contributed by atoms with Gasteiger partial charge in [-0.05, 0) is 71.4 Å². The molecule has 190 valence electrons. The highest BCUT2D eigenvalue weighted by atomic mass is 32.1. The maximum atomic E-state index is 2.42. The van der Waals surface area contributed by atoms with Crippen molar-refractivity contribution < 1.29 is 0 Å². The van der Waals surface area contributed by atoms with Gasteiger partial charge in [0.25, 0.3) is 0 Å². The first-order chi connectivity index (χ1) is 20.3. The Labute approximate surface area is 241 Å². The van der Waals surface area contributed by atoms with E-state index in [9.17, 15) is 0 Å². The number of thiophene rings is 1. The summed E-state index contributed by atoms with van der Waals surface area (Å²) >= 11 is 1.91. The molecule has 1 aromatic heterocycles. The Morgan fingerprint density at radius 3 is 1.59 bits per heavy atom. The molecule has 0 aliphatic rings. The molecule has 0 N–H and O–H groups in total. The van der Waals surface area contributed by atoms with Crippen LogP contribution in [0.1, 0.15) is 0 Å². The summed E-state index contributed by atoms with van der Waals surface area (Å²) in [5, 5.41) is 13.0. The molecule has 0 fully saturated rings. The first-order valence-corrected chi connectivity index (χ1v) is 14.9. The lowest BCUT2D eigenvalue weighted by Gasteiger charge is -2.18. The Balaban J connectivity index is 1.38. The molecule has 0 amide bonds. The lowest BCUT2D eigenvalue weighted by Crippen LogP contribution is -1.91. The molecule has 1 heterocycles. The Bertz CT molecular complexity index is 2410. The van der Waals surface area contributed by atoms with Gasteiger partial charge in [-0.15, -0.1) is 11.3 Å². The van der Waals surface area contributed by atoms with Crippen LogP contribution in [-0.2, 0) is 0 Å². The van der Waals surface area contributed by atoms with Gasteiger partial charge in [-0.2, -0.15) is 0 Å². The molecule has 0 aliphatic heterocycles. The Morgan fingerprint density at radius 2 is 0.878 bits per heavy atom. The molecular weight excluding hydrogens is 513 g/mol. The van der Waals surface area contributed by atoms with Crippen molar-refractivity contribution in [3.8, 4) is 22.3 Å². The number of benzene rings is 8. The molecule has 8 aromatic carbocycles. The van der Waals surface area contributed by atoms with E-state index in [1.807, 2.05) is 11.3 Å². The molecule has 0 saturated carbocycles. The van der Waals surface area contributed by atoms with Gasteiger partial charge < -0.3 is 0 Å². The van der Waals surface area contributed by atoms with Gasteiger partial charge >= 0.3 is 0 Å². The largest absolute Gasteiger partial charge is 0.135 e. The average molecular weight is 537 g/mol. The summed E-state index contributed by atoms with van der Waals surface area (Å²) in [5.74, 6) is 0. The molecule has 0 unspecified atom stereocenters. The molecule has 0 radical (unpaired) electrons. The maximum absolute atomic E-state index is 2.42. The molecule has 0 atom stereocenters. The Kier molecular flexibility index (Phi) is 4.87. The highest BCUT2D eigenvalue weighted by Crippen LogP contribution is 2.47. The maximum Gasteiger partial charge on any atom is 0.0433 e. The average Bonchev–Trinajstić information content (AvgIpc) is 3.42. The summed E-state index contributed by atoms with van der Waals surface area (Å²) in [6.45, 7) is 0. The van der Waals surface area contributed by atoms with Crippen molar-refractivity contribution in [3.05, 3.63) is 146 Å². The summed E-state index contributed by atoms with van der Waals surface area (Å²) in [6.07, 6.45) is 0. The molecule has 0 saturated heterocycles. The minimum Gasteiger partial charge on any atom is -0.135 e. The highest BCUT2D eigenvalue weighted by molar-refractivity contribution is 7.26. The van der Waals surface area contributed by atoms with E-state index >= 15 is 0 Å². The van der Waals surface area contributed by atoms with Crippen LogP contribution < -0.4 is 0 Å². The molecular formula is C40H24S. The third kappa shape index (κ3) is 3.33. The topological polar surface area (TPSA) is 0 Å². The third-order valence-corrected chi connectivity index (χ3v) is 9.84. The quantitative estimate of drug-likeness (QED) is 0.193. The minimum atomic E-state index is 1.27. The molecule has 9 aromatic rings. The monoisotopic (exact) mass is 536 g/mol. The fraction of sp³-hybridized carbons (Fsp3) is 0. The van der Waals surface area contributed by atoms with Crippen molar-refractivity contribution >= 4 is 74.6 Å². The van der Waals surface area contributed by atoms with Crippen molar-refractivity contribution in [3.63, 3.8) is 0 Å². The van der Waals surface area contributed by atoms with Crippen LogP contribution in [0.25, 0.3) is 85.5 Å². The number of hydrogen-bond donors (Lipinski definition) is 0. The molecule has 1 heteroatoms. The van der Waals surface area contributed by atoms with Gasteiger partial charge in [-0.3, -0.25) is 0 Å². The first kappa shape index (κ1) is 22.8. The van der Waals surface area contributed by atoms with E-state index < -0.39 is 0 Å². The van der Waals surface area contributed by atoms with Gasteiger partial charge in [0.05, 0.1) is 0 Å². The lowest BCUT2D eigenvalue weighted by atomic mass is 9.84. The number of fused-ring (bicyclic) bond motifs is 8. The van der Waals surface area contributed by atoms with Crippen molar-refractivity contribution in [2.75, 3.05) is 0 Å². The van der Waals surface area contributed by atoms with E-state index in [0.717, 1.165) is 0 Å². The molecule has 0 aliphatic carbocycles. The van der Waals surface area contributed by atoms with Crippen LogP contribution in [0.3, 0.4) is 0 Å². The summed E-state index contributed by atoms with van der Waals surface area (Å²) in [6, 6.07) is 53.7. The van der Waals surface area contributed by atoms with Crippen molar-refractivity contribution in [2.45, 2.75) is 0 Å². The Morgan fingerprint density at radius 1 is 0.341 bits per heavy atom. The molecule has 0 spiro atoms. The van der Waals surface area contributed by atoms with Crippen molar-refractivity contribution in [1.82, 2.24) is 0 Å². The van der Waals surface area contributed by atoms with E-state index in [1.165, 1.54) is 85.5 Å². The van der Waals surface area contributed by atoms with Crippen LogP contribution in [0.15, 0.2) is 146 Å². The predicted molar refractivity (Wildman–Crippen MR) is 180 cm³/mol. The van der Waals surface area contributed by atoms with Crippen LogP contribution in [0.2, 0.25) is 0 Å². The highest BCUT2D eigenvalue weighted by Gasteiger charge is 2.18. The second-order valence-electron chi connectivity index (χ2n) is 10.8. The second kappa shape index (κ2) is 8.76. The minimum absolute atomic E-state index is 1.27. The predicted octanol–water partition coefficient (Wildman–Crippen LogP) is 12.0. The van der Waals surface area contributed by atoms with Gasteiger partial charge in [-0.1, -0.05) is 140 Å². The van der Waals surface area contributed by atoms with Gasteiger partial charge in [0.2, 0.25) is 0 Å². The summed E-state index contributed by atoms with van der Waals surface area (Å²) < 4.78 is 2.71. The van der Waals surface area contributed by atoms with E-state index in [2.05, 4.69) is 146 Å². The van der Waals surface area contributed by atoms with Gasteiger partial charge in [0.15, 0.2) is 0 Å². The van der Waals surface area contributed by atoms with Gasteiger partial charge in [0.1, 0.15) is 0 Å². The zero-order valence-corrected chi connectivity index (χ0v) is 23.1. The van der Waals surface area contributed by atoms with Crippen LogP contribution in [-0.4, -0.2) is 0 Å². The van der Waals surface area contributed by atoms with Gasteiger partial charge in [-0.25, -0.2) is 0 Å². The molecule has 9 rings (SSSR count). The molecule has 41 heavy (non-hydrogen) atoms. The van der Waals surface area contributed by atoms with Crippen LogP contribution >= 0.6 is 11.3 Å². The van der Waals surface area contributed by atoms with Crippen molar-refractivity contribution in [2.24, 2.45) is 0 Å².